The number of rotatable bonds is 3. The molecule has 60 valence electrons. The summed E-state index contributed by atoms with van der Waals surface area (Å²) in [7, 11) is 0. The molecular weight excluding hydrogens is 142 g/mol. The Morgan fingerprint density at radius 3 is 3.00 bits per heavy atom. The Morgan fingerprint density at radius 2 is 2.55 bits per heavy atom. The van der Waals surface area contributed by atoms with E-state index < -0.39 is 6.04 Å². The fourth-order valence-electron chi connectivity index (χ4n) is 0.804. The predicted octanol–water partition coefficient (Wildman–Crippen LogP) is 1.20. The molecule has 0 aliphatic rings. The third-order valence-electron chi connectivity index (χ3n) is 1.58. The van der Waals surface area contributed by atoms with Crippen molar-refractivity contribution in [3.63, 3.8) is 0 Å². The van der Waals surface area contributed by atoms with Gasteiger partial charge in [0.15, 0.2) is 5.78 Å². The summed E-state index contributed by atoms with van der Waals surface area (Å²) < 4.78 is 4.75. The van der Waals surface area contributed by atoms with E-state index in [0.717, 1.165) is 0 Å². The molecule has 0 fully saturated rings. The van der Waals surface area contributed by atoms with Gasteiger partial charge in [-0.05, 0) is 12.5 Å². The van der Waals surface area contributed by atoms with E-state index in [9.17, 15) is 4.79 Å². The Labute approximate surface area is 65.2 Å². The number of hydrogen-bond donors (Lipinski definition) is 1. The molecule has 1 rings (SSSR count). The van der Waals surface area contributed by atoms with Crippen molar-refractivity contribution in [2.45, 2.75) is 19.4 Å². The Balaban J connectivity index is 2.70. The molecule has 0 radical (unpaired) electrons. The monoisotopic (exact) mass is 153 g/mol. The maximum Gasteiger partial charge on any atom is 0.182 e. The molecule has 2 N–H and O–H groups in total. The Morgan fingerprint density at radius 1 is 1.82 bits per heavy atom. The van der Waals surface area contributed by atoms with Gasteiger partial charge in [0.25, 0.3) is 0 Å². The van der Waals surface area contributed by atoms with Gasteiger partial charge in [-0.3, -0.25) is 4.79 Å². The maximum absolute atomic E-state index is 11.3. The second kappa shape index (κ2) is 3.34. The Hall–Kier alpha value is -1.09. The zero-order valence-electron chi connectivity index (χ0n) is 6.41. The average molecular weight is 153 g/mol. The van der Waals surface area contributed by atoms with Crippen LogP contribution in [-0.4, -0.2) is 11.8 Å². The van der Waals surface area contributed by atoms with Crippen LogP contribution in [0.15, 0.2) is 23.0 Å². The van der Waals surface area contributed by atoms with Crippen LogP contribution < -0.4 is 5.73 Å². The third kappa shape index (κ3) is 1.68. The number of Topliss-reactive ketones (excluding diaryl/α,β-unsaturated/α-hetero) is 1. The van der Waals surface area contributed by atoms with Crippen LogP contribution in [0.25, 0.3) is 0 Å². The maximum atomic E-state index is 11.3. The molecule has 0 spiro atoms. The van der Waals surface area contributed by atoms with Gasteiger partial charge < -0.3 is 10.2 Å². The van der Waals surface area contributed by atoms with Crippen molar-refractivity contribution < 1.29 is 9.21 Å². The molecule has 11 heavy (non-hydrogen) atoms. The van der Waals surface area contributed by atoms with Gasteiger partial charge in [0.2, 0.25) is 0 Å². The van der Waals surface area contributed by atoms with Crippen LogP contribution in [0, 0.1) is 0 Å². The molecule has 0 bridgehead atoms. The molecular formula is C8H11NO2. The molecule has 0 saturated carbocycles. The Bertz CT molecular complexity index is 228. The number of carbonyl (C=O) groups is 1. The highest BCUT2D eigenvalue weighted by Crippen LogP contribution is 2.04. The molecule has 1 heterocycles. The van der Waals surface area contributed by atoms with Crippen molar-refractivity contribution in [1.82, 2.24) is 0 Å². The van der Waals surface area contributed by atoms with Crippen LogP contribution in [0.5, 0.6) is 0 Å². The summed E-state index contributed by atoms with van der Waals surface area (Å²) in [5.74, 6) is -0.0544. The first-order valence-corrected chi connectivity index (χ1v) is 3.57. The topological polar surface area (TPSA) is 56.2 Å². The summed E-state index contributed by atoms with van der Waals surface area (Å²) in [6.07, 6.45) is 3.54. The largest absolute Gasteiger partial charge is 0.472 e. The molecule has 1 atom stereocenters. The predicted molar refractivity (Wildman–Crippen MR) is 41.3 cm³/mol. The van der Waals surface area contributed by atoms with E-state index in [-0.39, 0.29) is 5.78 Å². The Kier molecular flexibility index (Phi) is 2.44. The molecule has 3 nitrogen and oxygen atoms in total. The van der Waals surface area contributed by atoms with E-state index in [1.165, 1.54) is 12.5 Å². The smallest absolute Gasteiger partial charge is 0.182 e. The number of carbonyl (C=O) groups excluding carboxylic acids is 1. The van der Waals surface area contributed by atoms with Crippen molar-refractivity contribution in [1.29, 1.82) is 0 Å². The standard InChI is InChI=1S/C8H11NO2/c1-2-7(9)8(10)6-3-4-11-5-6/h3-5,7H,2,9H2,1H3/t7-/m1/s1. The van der Waals surface area contributed by atoms with Crippen LogP contribution in [0.2, 0.25) is 0 Å². The lowest BCUT2D eigenvalue weighted by atomic mass is 10.1. The van der Waals surface area contributed by atoms with E-state index in [1.54, 1.807) is 6.07 Å². The van der Waals surface area contributed by atoms with Crippen LogP contribution in [-0.2, 0) is 0 Å². The fraction of sp³-hybridized carbons (Fsp3) is 0.375. The van der Waals surface area contributed by atoms with Crippen LogP contribution in [0.3, 0.4) is 0 Å². The van der Waals surface area contributed by atoms with Crippen LogP contribution in [0.1, 0.15) is 23.7 Å². The molecule has 0 amide bonds. The molecule has 1 aromatic heterocycles. The number of furan rings is 1. The van der Waals surface area contributed by atoms with E-state index in [0.29, 0.717) is 12.0 Å². The average Bonchev–Trinajstić information content (AvgIpc) is 2.53. The molecule has 0 unspecified atom stereocenters. The lowest BCUT2D eigenvalue weighted by Gasteiger charge is -2.03. The highest BCUT2D eigenvalue weighted by Gasteiger charge is 2.13. The second-order valence-electron chi connectivity index (χ2n) is 2.39. The van der Waals surface area contributed by atoms with Gasteiger partial charge in [0, 0.05) is 0 Å². The van der Waals surface area contributed by atoms with E-state index in [2.05, 4.69) is 0 Å². The minimum Gasteiger partial charge on any atom is -0.472 e. The first-order chi connectivity index (χ1) is 5.25. The quantitative estimate of drug-likeness (QED) is 0.664. The molecule has 0 aromatic carbocycles. The minimum absolute atomic E-state index is 0.0544. The van der Waals surface area contributed by atoms with E-state index in [1.807, 2.05) is 6.92 Å². The minimum atomic E-state index is -0.396. The van der Waals surface area contributed by atoms with Gasteiger partial charge in [-0.1, -0.05) is 6.92 Å². The summed E-state index contributed by atoms with van der Waals surface area (Å²) in [4.78, 5) is 11.3. The summed E-state index contributed by atoms with van der Waals surface area (Å²) in [6.45, 7) is 1.88. The third-order valence-corrected chi connectivity index (χ3v) is 1.58. The highest BCUT2D eigenvalue weighted by molar-refractivity contribution is 5.99. The van der Waals surface area contributed by atoms with Crippen molar-refractivity contribution in [2.75, 3.05) is 0 Å². The van der Waals surface area contributed by atoms with Gasteiger partial charge in [0.1, 0.15) is 6.26 Å². The van der Waals surface area contributed by atoms with Crippen molar-refractivity contribution in [3.8, 4) is 0 Å². The number of hydrogen-bond acceptors (Lipinski definition) is 3. The first-order valence-electron chi connectivity index (χ1n) is 3.57. The van der Waals surface area contributed by atoms with Crippen molar-refractivity contribution in [3.05, 3.63) is 24.2 Å². The zero-order chi connectivity index (χ0) is 8.27. The number of nitrogens with two attached hydrogens (primary N) is 1. The van der Waals surface area contributed by atoms with Crippen LogP contribution in [0.4, 0.5) is 0 Å². The summed E-state index contributed by atoms with van der Waals surface area (Å²) in [6, 6.07) is 1.23. The van der Waals surface area contributed by atoms with Gasteiger partial charge in [0.05, 0.1) is 17.9 Å². The number of ketones is 1. The molecule has 3 heteroatoms. The van der Waals surface area contributed by atoms with Gasteiger partial charge in [-0.2, -0.15) is 0 Å². The zero-order valence-corrected chi connectivity index (χ0v) is 6.41. The summed E-state index contributed by atoms with van der Waals surface area (Å²) in [5, 5.41) is 0. The van der Waals surface area contributed by atoms with Gasteiger partial charge in [-0.15, -0.1) is 0 Å². The lowest BCUT2D eigenvalue weighted by molar-refractivity contribution is 0.0959. The normalized spacial score (nSPS) is 12.9. The van der Waals surface area contributed by atoms with Gasteiger partial charge in [-0.25, -0.2) is 0 Å². The molecule has 1 aromatic rings. The van der Waals surface area contributed by atoms with Crippen LogP contribution >= 0.6 is 0 Å². The van der Waals surface area contributed by atoms with E-state index >= 15 is 0 Å². The van der Waals surface area contributed by atoms with E-state index in [4.69, 9.17) is 10.2 Å². The summed E-state index contributed by atoms with van der Waals surface area (Å²) in [5.41, 5.74) is 6.07. The molecule has 0 aliphatic carbocycles. The highest BCUT2D eigenvalue weighted by atomic mass is 16.3. The van der Waals surface area contributed by atoms with Gasteiger partial charge >= 0.3 is 0 Å². The second-order valence-corrected chi connectivity index (χ2v) is 2.39. The summed E-state index contributed by atoms with van der Waals surface area (Å²) >= 11 is 0. The fourth-order valence-corrected chi connectivity index (χ4v) is 0.804. The van der Waals surface area contributed by atoms with Crippen molar-refractivity contribution >= 4 is 5.78 Å². The van der Waals surface area contributed by atoms with Crippen molar-refractivity contribution in [2.24, 2.45) is 5.73 Å². The lowest BCUT2D eigenvalue weighted by Crippen LogP contribution is -2.29. The first kappa shape index (κ1) is 8.01. The SMILES string of the molecule is CC[C@@H](N)C(=O)c1ccoc1. The molecule has 0 saturated heterocycles. The molecule has 0 aliphatic heterocycles.